The molecule has 0 fully saturated rings. The number of aryl methyl sites for hydroxylation is 2. The number of nitrogens with two attached hydrogens (primary N) is 1. The summed E-state index contributed by atoms with van der Waals surface area (Å²) in [6.45, 7) is 4.35. The molecule has 0 bridgehead atoms. The number of benzene rings is 2. The smallest absolute Gasteiger partial charge is 0.210 e. The molecular weight excluding hydrogens is 378 g/mol. The molecule has 0 amide bonds. The van der Waals surface area contributed by atoms with E-state index in [9.17, 15) is 0 Å². The predicted octanol–water partition coefficient (Wildman–Crippen LogP) is 4.09. The van der Waals surface area contributed by atoms with Gasteiger partial charge in [0, 0.05) is 0 Å². The number of ether oxygens (including phenoxy) is 1. The molecular formula is C19H19N5OS2. The van der Waals surface area contributed by atoms with E-state index in [-0.39, 0.29) is 6.61 Å². The van der Waals surface area contributed by atoms with E-state index in [0.29, 0.717) is 16.7 Å². The Bertz CT molecular complexity index is 1060. The number of nitrogens with zero attached hydrogens (tertiary/aromatic N) is 4. The van der Waals surface area contributed by atoms with Crippen molar-refractivity contribution < 1.29 is 4.74 Å². The Hall–Kier alpha value is -2.58. The SMILES string of the molecule is Cc1ccc(OCc2nnc(SCc3nc4ccccc4s3)n2N)c(C)c1. The minimum Gasteiger partial charge on any atom is -0.485 e. The lowest BCUT2D eigenvalue weighted by Gasteiger charge is -2.09. The summed E-state index contributed by atoms with van der Waals surface area (Å²) in [4.78, 5) is 4.63. The molecule has 0 saturated heterocycles. The average Bonchev–Trinajstić information content (AvgIpc) is 3.22. The van der Waals surface area contributed by atoms with Crippen molar-refractivity contribution in [3.63, 3.8) is 0 Å². The number of thiazole rings is 1. The molecule has 0 atom stereocenters. The van der Waals surface area contributed by atoms with Crippen LogP contribution >= 0.6 is 23.1 Å². The Morgan fingerprint density at radius 1 is 1.15 bits per heavy atom. The maximum atomic E-state index is 6.14. The number of rotatable bonds is 6. The molecule has 0 saturated carbocycles. The fraction of sp³-hybridized carbons (Fsp3) is 0.211. The third-order valence-corrected chi connectivity index (χ3v) is 6.26. The Morgan fingerprint density at radius 3 is 2.81 bits per heavy atom. The Kier molecular flexibility index (Phi) is 5.00. The quantitative estimate of drug-likeness (QED) is 0.390. The zero-order valence-corrected chi connectivity index (χ0v) is 16.7. The second kappa shape index (κ2) is 7.58. The molecule has 0 unspecified atom stereocenters. The molecule has 27 heavy (non-hydrogen) atoms. The average molecular weight is 398 g/mol. The van der Waals surface area contributed by atoms with Crippen molar-refractivity contribution in [3.05, 3.63) is 64.4 Å². The van der Waals surface area contributed by atoms with Gasteiger partial charge in [-0.25, -0.2) is 9.66 Å². The molecule has 0 aliphatic heterocycles. The summed E-state index contributed by atoms with van der Waals surface area (Å²) in [5, 5.41) is 10.0. The summed E-state index contributed by atoms with van der Waals surface area (Å²) in [5.74, 6) is 8.25. The van der Waals surface area contributed by atoms with Crippen LogP contribution in [0.2, 0.25) is 0 Å². The highest BCUT2D eigenvalue weighted by Crippen LogP contribution is 2.27. The first-order chi connectivity index (χ1) is 13.1. The Balaban J connectivity index is 1.41. The lowest BCUT2D eigenvalue weighted by atomic mass is 10.1. The van der Waals surface area contributed by atoms with Gasteiger partial charge in [0.1, 0.15) is 17.4 Å². The normalized spacial score (nSPS) is 11.2. The molecule has 138 valence electrons. The molecule has 0 aliphatic carbocycles. The van der Waals surface area contributed by atoms with Gasteiger partial charge in [0.2, 0.25) is 5.16 Å². The summed E-state index contributed by atoms with van der Waals surface area (Å²) >= 11 is 3.20. The summed E-state index contributed by atoms with van der Waals surface area (Å²) in [5.41, 5.74) is 3.31. The van der Waals surface area contributed by atoms with Crippen molar-refractivity contribution in [3.8, 4) is 5.75 Å². The van der Waals surface area contributed by atoms with Crippen LogP contribution in [0.15, 0.2) is 47.6 Å². The van der Waals surface area contributed by atoms with Crippen LogP contribution < -0.4 is 10.6 Å². The molecule has 0 radical (unpaired) electrons. The first-order valence-corrected chi connectivity index (χ1v) is 10.3. The molecule has 2 N–H and O–H groups in total. The summed E-state index contributed by atoms with van der Waals surface area (Å²) < 4.78 is 8.52. The predicted molar refractivity (Wildman–Crippen MR) is 110 cm³/mol. The second-order valence-electron chi connectivity index (χ2n) is 6.19. The molecule has 8 heteroatoms. The number of hydrogen-bond donors (Lipinski definition) is 1. The van der Waals surface area contributed by atoms with Crippen LogP contribution in [0.1, 0.15) is 22.0 Å². The van der Waals surface area contributed by atoms with E-state index >= 15 is 0 Å². The van der Waals surface area contributed by atoms with Gasteiger partial charge in [0.15, 0.2) is 5.82 Å². The number of nitrogen functional groups attached to an aromatic ring is 1. The Morgan fingerprint density at radius 2 is 2.00 bits per heavy atom. The zero-order valence-electron chi connectivity index (χ0n) is 15.0. The van der Waals surface area contributed by atoms with Crippen LogP contribution in [-0.4, -0.2) is 19.9 Å². The molecule has 0 aliphatic rings. The van der Waals surface area contributed by atoms with Gasteiger partial charge in [-0.15, -0.1) is 21.5 Å². The highest BCUT2D eigenvalue weighted by molar-refractivity contribution is 7.98. The third kappa shape index (κ3) is 3.91. The number of thioether (sulfide) groups is 1. The zero-order chi connectivity index (χ0) is 18.8. The van der Waals surface area contributed by atoms with E-state index in [4.69, 9.17) is 10.6 Å². The van der Waals surface area contributed by atoms with E-state index in [1.807, 2.05) is 37.3 Å². The van der Waals surface area contributed by atoms with E-state index in [1.54, 1.807) is 11.3 Å². The number of hydrogen-bond acceptors (Lipinski definition) is 7. The van der Waals surface area contributed by atoms with Gasteiger partial charge in [-0.05, 0) is 37.6 Å². The van der Waals surface area contributed by atoms with Crippen molar-refractivity contribution >= 4 is 33.3 Å². The molecule has 2 aromatic carbocycles. The van der Waals surface area contributed by atoms with Gasteiger partial charge in [-0.1, -0.05) is 41.6 Å². The topological polar surface area (TPSA) is 78.9 Å². The lowest BCUT2D eigenvalue weighted by Crippen LogP contribution is -2.16. The van der Waals surface area contributed by atoms with Gasteiger partial charge >= 0.3 is 0 Å². The molecule has 2 aromatic heterocycles. The van der Waals surface area contributed by atoms with E-state index in [1.165, 1.54) is 26.7 Å². The third-order valence-electron chi connectivity index (χ3n) is 4.09. The van der Waals surface area contributed by atoms with Crippen LogP contribution in [0, 0.1) is 13.8 Å². The summed E-state index contributed by atoms with van der Waals surface area (Å²) in [7, 11) is 0. The van der Waals surface area contributed by atoms with Crippen molar-refractivity contribution in [2.45, 2.75) is 31.4 Å². The highest BCUT2D eigenvalue weighted by Gasteiger charge is 2.13. The van der Waals surface area contributed by atoms with Crippen LogP contribution in [0.4, 0.5) is 0 Å². The first-order valence-electron chi connectivity index (χ1n) is 8.47. The molecule has 4 rings (SSSR count). The van der Waals surface area contributed by atoms with Crippen molar-refractivity contribution in [1.29, 1.82) is 0 Å². The molecule has 2 heterocycles. The van der Waals surface area contributed by atoms with Crippen molar-refractivity contribution in [2.75, 3.05) is 5.84 Å². The number of fused-ring (bicyclic) bond motifs is 1. The van der Waals surface area contributed by atoms with Crippen LogP contribution in [0.25, 0.3) is 10.2 Å². The molecule has 0 spiro atoms. The highest BCUT2D eigenvalue weighted by atomic mass is 32.2. The summed E-state index contributed by atoms with van der Waals surface area (Å²) in [6, 6.07) is 14.2. The van der Waals surface area contributed by atoms with E-state index < -0.39 is 0 Å². The number of para-hydroxylation sites is 1. The van der Waals surface area contributed by atoms with Gasteiger partial charge < -0.3 is 10.6 Å². The second-order valence-corrected chi connectivity index (χ2v) is 8.25. The minimum atomic E-state index is 0.273. The fourth-order valence-corrected chi connectivity index (χ4v) is 4.55. The van der Waals surface area contributed by atoms with Gasteiger partial charge in [0.05, 0.1) is 16.0 Å². The molecule has 6 nitrogen and oxygen atoms in total. The van der Waals surface area contributed by atoms with Crippen LogP contribution in [0.5, 0.6) is 5.75 Å². The lowest BCUT2D eigenvalue weighted by molar-refractivity contribution is 0.289. The first kappa shape index (κ1) is 17.8. The summed E-state index contributed by atoms with van der Waals surface area (Å²) in [6.07, 6.45) is 0. The van der Waals surface area contributed by atoms with Gasteiger partial charge in [0.25, 0.3) is 0 Å². The van der Waals surface area contributed by atoms with Crippen LogP contribution in [0.3, 0.4) is 0 Å². The largest absolute Gasteiger partial charge is 0.485 e. The molecule has 4 aromatic rings. The van der Waals surface area contributed by atoms with E-state index in [2.05, 4.69) is 34.2 Å². The monoisotopic (exact) mass is 397 g/mol. The minimum absolute atomic E-state index is 0.273. The standard InChI is InChI=1S/C19H19N5OS2/c1-12-7-8-15(13(2)9-12)25-10-17-22-23-19(24(17)20)26-11-18-21-14-5-3-4-6-16(14)27-18/h3-9H,10-11,20H2,1-2H3. The maximum Gasteiger partial charge on any atom is 0.210 e. The fourth-order valence-electron chi connectivity index (χ4n) is 2.72. The van der Waals surface area contributed by atoms with Gasteiger partial charge in [-0.2, -0.15) is 0 Å². The van der Waals surface area contributed by atoms with Crippen LogP contribution in [-0.2, 0) is 12.4 Å². The van der Waals surface area contributed by atoms with Gasteiger partial charge in [-0.3, -0.25) is 0 Å². The van der Waals surface area contributed by atoms with Crippen molar-refractivity contribution in [2.24, 2.45) is 0 Å². The Labute approximate surface area is 165 Å². The van der Waals surface area contributed by atoms with Crippen molar-refractivity contribution in [1.82, 2.24) is 19.9 Å². The maximum absolute atomic E-state index is 6.14. The number of aromatic nitrogens is 4. The van der Waals surface area contributed by atoms with E-state index in [0.717, 1.165) is 21.8 Å².